The molecule has 1 aliphatic rings. The minimum absolute atomic E-state index is 0. The number of halogens is 1. The molecule has 146 valence electrons. The third kappa shape index (κ3) is 5.00. The van der Waals surface area contributed by atoms with Crippen LogP contribution in [0, 0.1) is 6.92 Å². The van der Waals surface area contributed by atoms with Gasteiger partial charge in [-0.1, -0.05) is 36.4 Å². The van der Waals surface area contributed by atoms with Crippen molar-refractivity contribution in [3.63, 3.8) is 0 Å². The highest BCUT2D eigenvalue weighted by Crippen LogP contribution is 2.30. The van der Waals surface area contributed by atoms with Crippen molar-refractivity contribution >= 4 is 39.7 Å². The molecule has 1 heterocycles. The second-order valence-corrected chi connectivity index (χ2v) is 8.54. The number of carbonyl (C=O) groups excluding carboxylic acids is 1. The number of amides is 1. The number of nitrogens with zero attached hydrogens (tertiary/aromatic N) is 1. The van der Waals surface area contributed by atoms with Gasteiger partial charge in [0.25, 0.3) is 0 Å². The number of nitrogens with two attached hydrogens (primary N) is 1. The molecule has 1 aliphatic heterocycles. The van der Waals surface area contributed by atoms with Crippen LogP contribution in [-0.4, -0.2) is 32.7 Å². The molecule has 0 aliphatic carbocycles. The first-order chi connectivity index (χ1) is 12.4. The Morgan fingerprint density at radius 3 is 2.56 bits per heavy atom. The van der Waals surface area contributed by atoms with Gasteiger partial charge < -0.3 is 11.1 Å². The highest BCUT2D eigenvalue weighted by Gasteiger charge is 2.29. The zero-order valence-corrected chi connectivity index (χ0v) is 16.7. The Hall–Kier alpha value is -2.09. The van der Waals surface area contributed by atoms with E-state index in [1.54, 1.807) is 12.1 Å². The predicted octanol–water partition coefficient (Wildman–Crippen LogP) is 2.47. The Morgan fingerprint density at radius 1 is 1.22 bits per heavy atom. The molecule has 27 heavy (non-hydrogen) atoms. The summed E-state index contributed by atoms with van der Waals surface area (Å²) in [5.74, 6) is -0.140. The predicted molar refractivity (Wildman–Crippen MR) is 111 cm³/mol. The van der Waals surface area contributed by atoms with Gasteiger partial charge in [0.15, 0.2) is 0 Å². The van der Waals surface area contributed by atoms with Crippen molar-refractivity contribution in [2.75, 3.05) is 21.9 Å². The van der Waals surface area contributed by atoms with Crippen molar-refractivity contribution < 1.29 is 13.2 Å². The third-order valence-corrected chi connectivity index (χ3v) is 6.34. The van der Waals surface area contributed by atoms with Crippen LogP contribution >= 0.6 is 12.4 Å². The standard InChI is InChI=1S/C19H23N3O3S.ClH/c1-14-8-9-16(13-18(14)22-10-5-11-26(22,24)25)21-19(23)17(20)12-15-6-3-2-4-7-15;/h2-4,6-9,13,17H,5,10-12,20H2,1H3,(H,21,23);1H/t17-;/m0./s1. The normalized spacial score (nSPS) is 16.4. The molecule has 3 rings (SSSR count). The van der Waals surface area contributed by atoms with E-state index in [0.717, 1.165) is 11.1 Å². The van der Waals surface area contributed by atoms with Crippen LogP contribution in [-0.2, 0) is 21.2 Å². The summed E-state index contributed by atoms with van der Waals surface area (Å²) < 4.78 is 25.8. The lowest BCUT2D eigenvalue weighted by Gasteiger charge is -2.21. The fourth-order valence-electron chi connectivity index (χ4n) is 3.06. The van der Waals surface area contributed by atoms with E-state index < -0.39 is 16.1 Å². The second kappa shape index (κ2) is 8.73. The van der Waals surface area contributed by atoms with Gasteiger partial charge in [-0.25, -0.2) is 8.42 Å². The summed E-state index contributed by atoms with van der Waals surface area (Å²) in [5.41, 5.74) is 9.00. The smallest absolute Gasteiger partial charge is 0.241 e. The maximum Gasteiger partial charge on any atom is 0.241 e. The van der Waals surface area contributed by atoms with E-state index >= 15 is 0 Å². The van der Waals surface area contributed by atoms with Crippen molar-refractivity contribution in [2.24, 2.45) is 5.73 Å². The topological polar surface area (TPSA) is 92.5 Å². The number of carbonyl (C=O) groups is 1. The number of anilines is 2. The molecule has 8 heteroatoms. The van der Waals surface area contributed by atoms with Crippen LogP contribution in [0.4, 0.5) is 11.4 Å². The molecule has 2 aromatic carbocycles. The van der Waals surface area contributed by atoms with Crippen molar-refractivity contribution in [3.8, 4) is 0 Å². The van der Waals surface area contributed by atoms with Crippen LogP contribution in [0.25, 0.3) is 0 Å². The fraction of sp³-hybridized carbons (Fsp3) is 0.316. The van der Waals surface area contributed by atoms with Gasteiger partial charge in [0.2, 0.25) is 15.9 Å². The van der Waals surface area contributed by atoms with E-state index in [2.05, 4.69) is 5.32 Å². The van der Waals surface area contributed by atoms with Crippen LogP contribution in [0.15, 0.2) is 48.5 Å². The summed E-state index contributed by atoms with van der Waals surface area (Å²) in [6.07, 6.45) is 1.05. The molecular formula is C19H24ClN3O3S. The summed E-state index contributed by atoms with van der Waals surface area (Å²) in [5, 5.41) is 2.79. The van der Waals surface area contributed by atoms with E-state index in [9.17, 15) is 13.2 Å². The van der Waals surface area contributed by atoms with E-state index in [1.807, 2.05) is 43.3 Å². The number of nitrogens with one attached hydrogen (secondary N) is 1. The Bertz CT molecular complexity index is 904. The number of rotatable bonds is 5. The summed E-state index contributed by atoms with van der Waals surface area (Å²) >= 11 is 0. The average molecular weight is 410 g/mol. The van der Waals surface area contributed by atoms with Gasteiger partial charge in [-0.2, -0.15) is 0 Å². The number of hydrogen-bond donors (Lipinski definition) is 2. The molecule has 0 aromatic heterocycles. The summed E-state index contributed by atoms with van der Waals surface area (Å²) in [4.78, 5) is 12.4. The molecule has 1 amide bonds. The fourth-order valence-corrected chi connectivity index (χ4v) is 4.68. The highest BCUT2D eigenvalue weighted by molar-refractivity contribution is 7.93. The van der Waals surface area contributed by atoms with Gasteiger partial charge in [-0.15, -0.1) is 12.4 Å². The van der Waals surface area contributed by atoms with Gasteiger partial charge in [0.05, 0.1) is 17.5 Å². The van der Waals surface area contributed by atoms with Crippen molar-refractivity contribution in [1.82, 2.24) is 0 Å². The minimum Gasteiger partial charge on any atom is -0.325 e. The average Bonchev–Trinajstić information content (AvgIpc) is 2.96. The molecule has 3 N–H and O–H groups in total. The Balaban J connectivity index is 0.00000261. The lowest BCUT2D eigenvalue weighted by Crippen LogP contribution is -2.37. The summed E-state index contributed by atoms with van der Waals surface area (Å²) in [6.45, 7) is 2.32. The third-order valence-electron chi connectivity index (χ3n) is 4.48. The van der Waals surface area contributed by atoms with E-state index in [1.165, 1.54) is 4.31 Å². The molecule has 1 atom stereocenters. The van der Waals surface area contributed by atoms with Crippen molar-refractivity contribution in [1.29, 1.82) is 0 Å². The zero-order valence-electron chi connectivity index (χ0n) is 15.1. The highest BCUT2D eigenvalue weighted by atomic mass is 35.5. The monoisotopic (exact) mass is 409 g/mol. The van der Waals surface area contributed by atoms with Gasteiger partial charge in [0, 0.05) is 12.2 Å². The Morgan fingerprint density at radius 2 is 1.93 bits per heavy atom. The van der Waals surface area contributed by atoms with Gasteiger partial charge in [0.1, 0.15) is 0 Å². The summed E-state index contributed by atoms with van der Waals surface area (Å²) in [7, 11) is -3.27. The molecule has 2 aromatic rings. The van der Waals surface area contributed by atoms with E-state index in [4.69, 9.17) is 5.73 Å². The van der Waals surface area contributed by atoms with Gasteiger partial charge in [-0.3, -0.25) is 9.10 Å². The SMILES string of the molecule is Cc1ccc(NC(=O)[C@@H](N)Cc2ccccc2)cc1N1CCCS1(=O)=O.Cl. The molecule has 0 unspecified atom stereocenters. The first kappa shape index (κ1) is 21.2. The van der Waals surface area contributed by atoms with Crippen molar-refractivity contribution in [3.05, 3.63) is 59.7 Å². The molecule has 0 radical (unpaired) electrons. The summed E-state index contributed by atoms with van der Waals surface area (Å²) in [6, 6.07) is 14.2. The largest absolute Gasteiger partial charge is 0.325 e. The Kier molecular flexibility index (Phi) is 6.86. The molecule has 1 fully saturated rings. The number of hydrogen-bond acceptors (Lipinski definition) is 4. The lowest BCUT2D eigenvalue weighted by atomic mass is 10.1. The van der Waals surface area contributed by atoms with Crippen LogP contribution < -0.4 is 15.4 Å². The first-order valence-corrected chi connectivity index (χ1v) is 10.2. The zero-order chi connectivity index (χ0) is 18.7. The molecule has 0 saturated carbocycles. The van der Waals surface area contributed by atoms with Crippen LogP contribution in [0.1, 0.15) is 17.5 Å². The Labute approximate surface area is 166 Å². The molecule has 1 saturated heterocycles. The number of sulfonamides is 1. The number of aryl methyl sites for hydroxylation is 1. The first-order valence-electron chi connectivity index (χ1n) is 8.58. The maximum atomic E-state index is 12.4. The number of benzene rings is 2. The maximum absolute atomic E-state index is 12.4. The molecule has 0 bridgehead atoms. The quantitative estimate of drug-likeness (QED) is 0.793. The molecular weight excluding hydrogens is 386 g/mol. The molecule has 6 nitrogen and oxygen atoms in total. The van der Waals surface area contributed by atoms with Gasteiger partial charge >= 0.3 is 0 Å². The van der Waals surface area contributed by atoms with E-state index in [-0.39, 0.29) is 24.1 Å². The second-order valence-electron chi connectivity index (χ2n) is 6.53. The van der Waals surface area contributed by atoms with Crippen LogP contribution in [0.3, 0.4) is 0 Å². The van der Waals surface area contributed by atoms with Crippen molar-refractivity contribution in [2.45, 2.75) is 25.8 Å². The van der Waals surface area contributed by atoms with Crippen LogP contribution in [0.5, 0.6) is 0 Å². The van der Waals surface area contributed by atoms with Gasteiger partial charge in [-0.05, 0) is 43.0 Å². The lowest BCUT2D eigenvalue weighted by molar-refractivity contribution is -0.117. The molecule has 0 spiro atoms. The minimum atomic E-state index is -3.27. The van der Waals surface area contributed by atoms with E-state index in [0.29, 0.717) is 30.8 Å². The van der Waals surface area contributed by atoms with Crippen LogP contribution in [0.2, 0.25) is 0 Å².